The number of halogens is 2. The normalized spacial score (nSPS) is 10.7. The van der Waals surface area contributed by atoms with Crippen LogP contribution >= 0.6 is 23.2 Å². The molecule has 19 heavy (non-hydrogen) atoms. The van der Waals surface area contributed by atoms with Crippen molar-refractivity contribution in [1.82, 2.24) is 9.97 Å². The fourth-order valence-electron chi connectivity index (χ4n) is 1.52. The minimum absolute atomic E-state index is 0.178. The molecular weight excluding hydrogens is 289 g/mol. The molecule has 0 radical (unpaired) electrons. The Bertz CT molecular complexity index is 370. The van der Waals surface area contributed by atoms with E-state index in [1.807, 2.05) is 18.7 Å². The lowest BCUT2D eigenvalue weighted by Crippen LogP contribution is -2.32. The van der Waals surface area contributed by atoms with Crippen molar-refractivity contribution in [3.8, 4) is 0 Å². The molecule has 0 spiro atoms. The highest BCUT2D eigenvalue weighted by atomic mass is 35.5. The van der Waals surface area contributed by atoms with E-state index < -0.39 is 0 Å². The van der Waals surface area contributed by atoms with Crippen LogP contribution in [0.25, 0.3) is 0 Å². The Morgan fingerprint density at radius 1 is 1.11 bits per heavy atom. The second-order valence-corrected chi connectivity index (χ2v) is 4.44. The fourth-order valence-corrected chi connectivity index (χ4v) is 1.86. The molecule has 1 rings (SSSR count). The summed E-state index contributed by atoms with van der Waals surface area (Å²) in [6.45, 7) is 7.82. The van der Waals surface area contributed by atoms with Gasteiger partial charge in [0.05, 0.1) is 19.4 Å². The van der Waals surface area contributed by atoms with Crippen molar-refractivity contribution in [2.75, 3.05) is 44.4 Å². The molecule has 0 amide bonds. The highest BCUT2D eigenvalue weighted by Gasteiger charge is 2.13. The van der Waals surface area contributed by atoms with Gasteiger partial charge in [-0.05, 0) is 25.4 Å². The van der Waals surface area contributed by atoms with E-state index in [9.17, 15) is 0 Å². The molecule has 0 unspecified atom stereocenters. The van der Waals surface area contributed by atoms with Crippen LogP contribution in [0.4, 0.5) is 5.82 Å². The van der Waals surface area contributed by atoms with Crippen LogP contribution in [0.2, 0.25) is 10.3 Å². The van der Waals surface area contributed by atoms with Crippen molar-refractivity contribution in [1.29, 1.82) is 0 Å². The zero-order valence-corrected chi connectivity index (χ0v) is 12.7. The molecule has 108 valence electrons. The first-order chi connectivity index (χ1) is 9.19. The van der Waals surface area contributed by atoms with Crippen LogP contribution < -0.4 is 4.90 Å². The van der Waals surface area contributed by atoms with Gasteiger partial charge in [0.25, 0.3) is 0 Å². The number of hydrogen-bond acceptors (Lipinski definition) is 5. The minimum atomic E-state index is 0.178. The largest absolute Gasteiger partial charge is 0.380 e. The van der Waals surface area contributed by atoms with Gasteiger partial charge >= 0.3 is 0 Å². The molecule has 0 aliphatic carbocycles. The predicted molar refractivity (Wildman–Crippen MR) is 77.3 cm³/mol. The molecule has 0 aliphatic heterocycles. The van der Waals surface area contributed by atoms with Crippen molar-refractivity contribution >= 4 is 29.0 Å². The summed E-state index contributed by atoms with van der Waals surface area (Å²) >= 11 is 11.9. The summed E-state index contributed by atoms with van der Waals surface area (Å²) in [6.07, 6.45) is 1.50. The van der Waals surface area contributed by atoms with Gasteiger partial charge in [-0.1, -0.05) is 11.6 Å². The van der Waals surface area contributed by atoms with Gasteiger partial charge in [-0.25, -0.2) is 4.98 Å². The highest BCUT2D eigenvalue weighted by molar-refractivity contribution is 6.33. The number of aromatic nitrogens is 2. The summed E-state index contributed by atoms with van der Waals surface area (Å²) in [5, 5.41) is 0.648. The maximum Gasteiger partial charge on any atom is 0.224 e. The average molecular weight is 308 g/mol. The van der Waals surface area contributed by atoms with Gasteiger partial charge in [0.2, 0.25) is 5.28 Å². The monoisotopic (exact) mass is 307 g/mol. The standard InChI is InChI=1S/C12H19Cl2N3O2/c1-3-18-7-5-17(6-8-19-4-2)11-10(13)9-15-12(14)16-11/h9H,3-8H2,1-2H3. The predicted octanol–water partition coefficient (Wildman–Crippen LogP) is 2.66. The quantitative estimate of drug-likeness (QED) is 0.518. The molecule has 0 aromatic carbocycles. The third kappa shape index (κ3) is 5.91. The lowest BCUT2D eigenvalue weighted by Gasteiger charge is -2.24. The molecule has 1 aromatic rings. The zero-order valence-electron chi connectivity index (χ0n) is 11.2. The molecule has 0 saturated carbocycles. The van der Waals surface area contributed by atoms with Crippen LogP contribution in [0.15, 0.2) is 6.20 Å². The van der Waals surface area contributed by atoms with Crippen LogP contribution in [-0.4, -0.2) is 49.5 Å². The average Bonchev–Trinajstić information content (AvgIpc) is 2.40. The van der Waals surface area contributed by atoms with Crippen LogP contribution in [0.3, 0.4) is 0 Å². The maximum absolute atomic E-state index is 6.11. The van der Waals surface area contributed by atoms with Crippen molar-refractivity contribution in [2.24, 2.45) is 0 Å². The maximum atomic E-state index is 6.11. The third-order valence-corrected chi connectivity index (χ3v) is 2.86. The Labute approximate surface area is 123 Å². The minimum Gasteiger partial charge on any atom is -0.380 e. The molecule has 0 aliphatic rings. The van der Waals surface area contributed by atoms with Gasteiger partial charge in [-0.3, -0.25) is 0 Å². The zero-order chi connectivity index (χ0) is 14.1. The summed E-state index contributed by atoms with van der Waals surface area (Å²) in [7, 11) is 0. The van der Waals surface area contributed by atoms with E-state index in [1.165, 1.54) is 6.20 Å². The van der Waals surface area contributed by atoms with Crippen molar-refractivity contribution in [3.05, 3.63) is 16.5 Å². The van der Waals surface area contributed by atoms with Crippen LogP contribution in [0.5, 0.6) is 0 Å². The van der Waals surface area contributed by atoms with E-state index in [1.54, 1.807) is 0 Å². The lowest BCUT2D eigenvalue weighted by molar-refractivity contribution is 0.141. The van der Waals surface area contributed by atoms with Crippen LogP contribution in [0, 0.1) is 0 Å². The van der Waals surface area contributed by atoms with Crippen molar-refractivity contribution in [3.63, 3.8) is 0 Å². The Morgan fingerprint density at radius 2 is 1.68 bits per heavy atom. The molecule has 1 aromatic heterocycles. The van der Waals surface area contributed by atoms with E-state index in [0.29, 0.717) is 50.4 Å². The molecule has 1 heterocycles. The second kappa shape index (κ2) is 9.31. The fraction of sp³-hybridized carbons (Fsp3) is 0.667. The Balaban J connectivity index is 2.72. The van der Waals surface area contributed by atoms with Gasteiger partial charge in [0.1, 0.15) is 5.02 Å². The molecule has 5 nitrogen and oxygen atoms in total. The first-order valence-electron chi connectivity index (χ1n) is 6.27. The first-order valence-corrected chi connectivity index (χ1v) is 7.03. The molecular formula is C12H19Cl2N3O2. The molecule has 0 fully saturated rings. The molecule has 0 atom stereocenters. The van der Waals surface area contributed by atoms with Gasteiger partial charge in [-0.2, -0.15) is 4.98 Å². The number of rotatable bonds is 9. The second-order valence-electron chi connectivity index (χ2n) is 3.69. The summed E-state index contributed by atoms with van der Waals surface area (Å²) < 4.78 is 10.7. The Morgan fingerprint density at radius 3 is 2.21 bits per heavy atom. The topological polar surface area (TPSA) is 47.5 Å². The SMILES string of the molecule is CCOCCN(CCOCC)c1nc(Cl)ncc1Cl. The number of anilines is 1. The number of nitrogens with zero attached hydrogens (tertiary/aromatic N) is 3. The summed E-state index contributed by atoms with van der Waals surface area (Å²) in [6, 6.07) is 0. The van der Waals surface area contributed by atoms with Gasteiger partial charge in [0, 0.05) is 26.3 Å². The summed E-state index contributed by atoms with van der Waals surface area (Å²) in [5.74, 6) is 0.612. The van der Waals surface area contributed by atoms with E-state index in [0.717, 1.165) is 0 Å². The number of ether oxygens (including phenoxy) is 2. The van der Waals surface area contributed by atoms with Crippen molar-refractivity contribution in [2.45, 2.75) is 13.8 Å². The molecule has 0 N–H and O–H groups in total. The van der Waals surface area contributed by atoms with E-state index in [4.69, 9.17) is 32.7 Å². The van der Waals surface area contributed by atoms with Crippen LogP contribution in [0.1, 0.15) is 13.8 Å². The van der Waals surface area contributed by atoms with Gasteiger partial charge < -0.3 is 14.4 Å². The van der Waals surface area contributed by atoms with Gasteiger partial charge in [-0.15, -0.1) is 0 Å². The van der Waals surface area contributed by atoms with Gasteiger partial charge in [0.15, 0.2) is 5.82 Å². The molecule has 0 bridgehead atoms. The first kappa shape index (κ1) is 16.4. The van der Waals surface area contributed by atoms with E-state index in [-0.39, 0.29) is 5.28 Å². The lowest BCUT2D eigenvalue weighted by atomic mass is 10.4. The van der Waals surface area contributed by atoms with Crippen molar-refractivity contribution < 1.29 is 9.47 Å². The highest BCUT2D eigenvalue weighted by Crippen LogP contribution is 2.23. The van der Waals surface area contributed by atoms with Crippen LogP contribution in [-0.2, 0) is 9.47 Å². The smallest absolute Gasteiger partial charge is 0.224 e. The summed E-state index contributed by atoms with van der Waals surface area (Å²) in [4.78, 5) is 10.0. The molecule has 0 saturated heterocycles. The Hall–Kier alpha value is -0.620. The third-order valence-electron chi connectivity index (χ3n) is 2.42. The number of hydrogen-bond donors (Lipinski definition) is 0. The van der Waals surface area contributed by atoms with E-state index in [2.05, 4.69) is 9.97 Å². The van der Waals surface area contributed by atoms with E-state index >= 15 is 0 Å². The molecule has 7 heteroatoms. The summed E-state index contributed by atoms with van der Waals surface area (Å²) in [5.41, 5.74) is 0. The Kier molecular flexibility index (Phi) is 8.05.